The van der Waals surface area contributed by atoms with E-state index in [9.17, 15) is 0 Å². The van der Waals surface area contributed by atoms with Crippen LogP contribution >= 0.6 is 0 Å². The first kappa shape index (κ1) is 14.0. The van der Waals surface area contributed by atoms with E-state index in [0.717, 1.165) is 24.3 Å². The molecule has 4 heteroatoms. The van der Waals surface area contributed by atoms with Gasteiger partial charge >= 0.3 is 0 Å². The third-order valence-electron chi connectivity index (χ3n) is 3.14. The summed E-state index contributed by atoms with van der Waals surface area (Å²) in [6, 6.07) is 8.21. The van der Waals surface area contributed by atoms with Gasteiger partial charge in [-0.1, -0.05) is 12.1 Å². The van der Waals surface area contributed by atoms with Gasteiger partial charge in [-0.15, -0.1) is 0 Å². The molecule has 104 valence electrons. The Kier molecular flexibility index (Phi) is 4.93. The first-order chi connectivity index (χ1) is 9.26. The van der Waals surface area contributed by atoms with Crippen LogP contribution in [-0.4, -0.2) is 29.1 Å². The Balaban J connectivity index is 2.10. The van der Waals surface area contributed by atoms with Gasteiger partial charge in [0, 0.05) is 26.2 Å². The van der Waals surface area contributed by atoms with Gasteiger partial charge in [-0.3, -0.25) is 0 Å². The summed E-state index contributed by atoms with van der Waals surface area (Å²) in [5.41, 5.74) is 2.22. The zero-order valence-corrected chi connectivity index (χ0v) is 11.9. The van der Waals surface area contributed by atoms with Gasteiger partial charge < -0.3 is 14.0 Å². The van der Waals surface area contributed by atoms with Gasteiger partial charge in [0.05, 0.1) is 11.0 Å². The maximum atomic E-state index is 5.58. The minimum Gasteiger partial charge on any atom is -0.353 e. The van der Waals surface area contributed by atoms with Gasteiger partial charge in [0.15, 0.2) is 6.29 Å². The van der Waals surface area contributed by atoms with Crippen molar-refractivity contribution < 1.29 is 9.47 Å². The average Bonchev–Trinajstić information content (AvgIpc) is 2.72. The van der Waals surface area contributed by atoms with E-state index in [1.807, 2.05) is 39.0 Å². The maximum absolute atomic E-state index is 5.58. The molecule has 0 saturated heterocycles. The predicted molar refractivity (Wildman–Crippen MR) is 76.1 cm³/mol. The van der Waals surface area contributed by atoms with Crippen molar-refractivity contribution in [2.24, 2.45) is 0 Å². The Bertz CT molecular complexity index is 516. The fraction of sp³-hybridized carbons (Fsp3) is 0.533. The van der Waals surface area contributed by atoms with Crippen LogP contribution in [0.4, 0.5) is 0 Å². The average molecular weight is 262 g/mol. The molecule has 0 aliphatic heterocycles. The van der Waals surface area contributed by atoms with Crippen LogP contribution in [-0.2, 0) is 16.0 Å². The summed E-state index contributed by atoms with van der Waals surface area (Å²) >= 11 is 0. The molecule has 0 radical (unpaired) electrons. The van der Waals surface area contributed by atoms with Crippen molar-refractivity contribution in [3.05, 3.63) is 30.1 Å². The van der Waals surface area contributed by atoms with Gasteiger partial charge in [0.2, 0.25) is 0 Å². The van der Waals surface area contributed by atoms with E-state index < -0.39 is 0 Å². The second-order valence-corrected chi connectivity index (χ2v) is 4.43. The summed E-state index contributed by atoms with van der Waals surface area (Å²) in [4.78, 5) is 4.56. The number of hydrogen-bond donors (Lipinski definition) is 0. The number of nitrogens with zero attached hydrogens (tertiary/aromatic N) is 2. The summed E-state index contributed by atoms with van der Waals surface area (Å²) in [7, 11) is 0. The number of aromatic nitrogens is 2. The lowest BCUT2D eigenvalue weighted by Gasteiger charge is -2.17. The molecule has 0 spiro atoms. The summed E-state index contributed by atoms with van der Waals surface area (Å²) in [5, 5.41) is 0. The molecular formula is C15H22N2O2. The number of rotatable bonds is 7. The minimum absolute atomic E-state index is 0.129. The Labute approximate surface area is 114 Å². The molecule has 0 aliphatic rings. The van der Waals surface area contributed by atoms with Gasteiger partial charge in [-0.25, -0.2) is 4.98 Å². The molecule has 2 rings (SSSR count). The highest BCUT2D eigenvalue weighted by Gasteiger charge is 2.11. The summed E-state index contributed by atoms with van der Waals surface area (Å²) in [6.45, 7) is 8.23. The number of para-hydroxylation sites is 2. The molecule has 0 bridgehead atoms. The van der Waals surface area contributed by atoms with E-state index in [1.54, 1.807) is 0 Å². The first-order valence-electron chi connectivity index (χ1n) is 6.91. The minimum atomic E-state index is -0.129. The Hall–Kier alpha value is -1.39. The fourth-order valence-electron chi connectivity index (χ4n) is 2.30. The number of hydrogen-bond acceptors (Lipinski definition) is 3. The Morgan fingerprint density at radius 2 is 1.84 bits per heavy atom. The normalized spacial score (nSPS) is 11.6. The van der Waals surface area contributed by atoms with Crippen molar-refractivity contribution in [3.8, 4) is 0 Å². The smallest absolute Gasteiger partial charge is 0.159 e. The van der Waals surface area contributed by atoms with Crippen LogP contribution in [0.15, 0.2) is 24.3 Å². The number of aryl methyl sites for hydroxylation is 2. The van der Waals surface area contributed by atoms with E-state index in [1.165, 1.54) is 5.52 Å². The zero-order chi connectivity index (χ0) is 13.7. The molecule has 0 amide bonds. The molecule has 0 aliphatic carbocycles. The van der Waals surface area contributed by atoms with E-state index in [0.29, 0.717) is 13.2 Å². The Morgan fingerprint density at radius 3 is 2.53 bits per heavy atom. The second kappa shape index (κ2) is 6.68. The number of imidazole rings is 1. The SMILES string of the molecule is CCOC(CCn1c(C)nc2ccccc21)OCC. The van der Waals surface area contributed by atoms with E-state index >= 15 is 0 Å². The second-order valence-electron chi connectivity index (χ2n) is 4.43. The van der Waals surface area contributed by atoms with Gasteiger partial charge in [0.1, 0.15) is 5.82 Å². The van der Waals surface area contributed by atoms with Crippen molar-refractivity contribution >= 4 is 11.0 Å². The van der Waals surface area contributed by atoms with Crippen LogP contribution in [0, 0.1) is 6.92 Å². The van der Waals surface area contributed by atoms with Crippen LogP contribution in [0.2, 0.25) is 0 Å². The lowest BCUT2D eigenvalue weighted by molar-refractivity contribution is -0.140. The first-order valence-corrected chi connectivity index (χ1v) is 6.91. The van der Waals surface area contributed by atoms with Crippen LogP contribution in [0.3, 0.4) is 0 Å². The predicted octanol–water partition coefficient (Wildman–Crippen LogP) is 3.13. The van der Waals surface area contributed by atoms with Crippen LogP contribution < -0.4 is 0 Å². The fourth-order valence-corrected chi connectivity index (χ4v) is 2.30. The number of benzene rings is 1. The van der Waals surface area contributed by atoms with Gasteiger partial charge in [-0.05, 0) is 32.9 Å². The molecule has 2 aromatic rings. The van der Waals surface area contributed by atoms with Crippen molar-refractivity contribution in [1.29, 1.82) is 0 Å². The van der Waals surface area contributed by atoms with Crippen molar-refractivity contribution in [3.63, 3.8) is 0 Å². The summed E-state index contributed by atoms with van der Waals surface area (Å²) in [6.07, 6.45) is 0.707. The van der Waals surface area contributed by atoms with E-state index in [-0.39, 0.29) is 6.29 Å². The molecule has 0 N–H and O–H groups in total. The molecule has 0 atom stereocenters. The van der Waals surface area contributed by atoms with E-state index in [4.69, 9.17) is 9.47 Å². The largest absolute Gasteiger partial charge is 0.353 e. The number of ether oxygens (including phenoxy) is 2. The summed E-state index contributed by atoms with van der Waals surface area (Å²) < 4.78 is 13.4. The molecular weight excluding hydrogens is 240 g/mol. The third kappa shape index (κ3) is 3.33. The molecule has 4 nitrogen and oxygen atoms in total. The molecule has 19 heavy (non-hydrogen) atoms. The highest BCUT2D eigenvalue weighted by atomic mass is 16.7. The van der Waals surface area contributed by atoms with Crippen LogP contribution in [0.1, 0.15) is 26.1 Å². The quantitative estimate of drug-likeness (QED) is 0.719. The molecule has 0 fully saturated rings. The molecule has 1 heterocycles. The summed E-state index contributed by atoms with van der Waals surface area (Å²) in [5.74, 6) is 1.04. The highest BCUT2D eigenvalue weighted by Crippen LogP contribution is 2.16. The Morgan fingerprint density at radius 1 is 1.16 bits per heavy atom. The maximum Gasteiger partial charge on any atom is 0.159 e. The molecule has 0 unspecified atom stereocenters. The highest BCUT2D eigenvalue weighted by molar-refractivity contribution is 5.75. The standard InChI is InChI=1S/C15H22N2O2/c1-4-18-15(19-5-2)10-11-17-12(3)16-13-8-6-7-9-14(13)17/h6-9,15H,4-5,10-11H2,1-3H3. The third-order valence-corrected chi connectivity index (χ3v) is 3.14. The van der Waals surface area contributed by atoms with Crippen molar-refractivity contribution in [2.75, 3.05) is 13.2 Å². The van der Waals surface area contributed by atoms with Crippen molar-refractivity contribution in [2.45, 2.75) is 40.0 Å². The van der Waals surface area contributed by atoms with E-state index in [2.05, 4.69) is 15.6 Å². The molecule has 0 saturated carbocycles. The molecule has 1 aromatic heterocycles. The van der Waals surface area contributed by atoms with Crippen LogP contribution in [0.25, 0.3) is 11.0 Å². The lowest BCUT2D eigenvalue weighted by atomic mass is 10.3. The van der Waals surface area contributed by atoms with Crippen molar-refractivity contribution in [1.82, 2.24) is 9.55 Å². The van der Waals surface area contributed by atoms with Crippen LogP contribution in [0.5, 0.6) is 0 Å². The monoisotopic (exact) mass is 262 g/mol. The topological polar surface area (TPSA) is 36.3 Å². The molecule has 1 aromatic carbocycles. The number of fused-ring (bicyclic) bond motifs is 1. The zero-order valence-electron chi connectivity index (χ0n) is 11.9. The lowest BCUT2D eigenvalue weighted by Crippen LogP contribution is -2.20. The van der Waals surface area contributed by atoms with Gasteiger partial charge in [0.25, 0.3) is 0 Å². The van der Waals surface area contributed by atoms with Gasteiger partial charge in [-0.2, -0.15) is 0 Å².